The molecule has 2 aliphatic rings. The van der Waals surface area contributed by atoms with Crippen LogP contribution in [0.25, 0.3) is 28.3 Å². The van der Waals surface area contributed by atoms with E-state index < -0.39 is 8.80 Å². The van der Waals surface area contributed by atoms with Gasteiger partial charge in [-0.1, -0.05) is 83.4 Å². The normalized spacial score (nSPS) is 17.0. The van der Waals surface area contributed by atoms with Gasteiger partial charge in [-0.25, -0.2) is 0 Å². The standard InChI is InChI=1S/C31H36Si/c1-18-11-19(2)14-23(13-18)28-25-9-8-10-26(25)29(24-15-20(3)12-21(4)16-24)30-27(28)17-22(5)31(30)32(6)7/h11-17,31-32H,8-10H2,1-7H3. The molecule has 0 saturated carbocycles. The van der Waals surface area contributed by atoms with Crippen LogP contribution in [0.3, 0.4) is 0 Å². The minimum absolute atomic E-state index is 0.636. The topological polar surface area (TPSA) is 0 Å². The minimum atomic E-state index is -0.924. The number of benzene rings is 3. The molecule has 0 amide bonds. The maximum Gasteiger partial charge on any atom is 0.0440 e. The van der Waals surface area contributed by atoms with Gasteiger partial charge in [0.2, 0.25) is 0 Å². The van der Waals surface area contributed by atoms with Crippen molar-refractivity contribution in [2.45, 2.75) is 72.5 Å². The van der Waals surface area contributed by atoms with Gasteiger partial charge < -0.3 is 0 Å². The van der Waals surface area contributed by atoms with E-state index in [1.54, 1.807) is 33.4 Å². The van der Waals surface area contributed by atoms with Gasteiger partial charge in [0.1, 0.15) is 0 Å². The Bertz CT molecular complexity index is 1230. The second kappa shape index (κ2) is 7.88. The summed E-state index contributed by atoms with van der Waals surface area (Å²) in [6.45, 7) is 16.4. The van der Waals surface area contributed by atoms with Crippen LogP contribution in [0.15, 0.2) is 42.0 Å². The zero-order valence-corrected chi connectivity index (χ0v) is 22.0. The Hall–Kier alpha value is -2.38. The molecule has 3 aromatic rings. The molecule has 2 aliphatic carbocycles. The highest BCUT2D eigenvalue weighted by molar-refractivity contribution is 6.59. The van der Waals surface area contributed by atoms with Gasteiger partial charge in [0.25, 0.3) is 0 Å². The molecule has 0 saturated heterocycles. The van der Waals surface area contributed by atoms with Crippen LogP contribution in [0.2, 0.25) is 13.1 Å². The third-order valence-corrected chi connectivity index (χ3v) is 9.70. The smallest absolute Gasteiger partial charge is 0.0440 e. The van der Waals surface area contributed by atoms with Gasteiger partial charge in [0.15, 0.2) is 0 Å². The number of allylic oxidation sites excluding steroid dienone is 1. The van der Waals surface area contributed by atoms with Crippen molar-refractivity contribution in [1.29, 1.82) is 0 Å². The Morgan fingerprint density at radius 1 is 0.656 bits per heavy atom. The highest BCUT2D eigenvalue weighted by Crippen LogP contribution is 2.52. The van der Waals surface area contributed by atoms with E-state index in [9.17, 15) is 0 Å². The van der Waals surface area contributed by atoms with Crippen LogP contribution in [0.4, 0.5) is 0 Å². The first-order valence-corrected chi connectivity index (χ1v) is 15.3. The summed E-state index contributed by atoms with van der Waals surface area (Å²) in [6.07, 6.45) is 6.26. The first-order valence-electron chi connectivity index (χ1n) is 12.3. The third kappa shape index (κ3) is 3.42. The molecule has 5 rings (SSSR count). The molecule has 0 nitrogen and oxygen atoms in total. The number of hydrogen-bond acceptors (Lipinski definition) is 0. The molecule has 0 heterocycles. The summed E-state index contributed by atoms with van der Waals surface area (Å²) in [6, 6.07) is 14.3. The van der Waals surface area contributed by atoms with Crippen LogP contribution in [0.1, 0.15) is 63.4 Å². The summed E-state index contributed by atoms with van der Waals surface area (Å²) >= 11 is 0. The SMILES string of the molecule is CC1=Cc2c(-c3cc(C)cc(C)c3)c3c(c(-c4cc(C)cc(C)c4)c2C1[SiH](C)C)CCC3. The highest BCUT2D eigenvalue weighted by Gasteiger charge is 2.35. The zero-order valence-electron chi connectivity index (χ0n) is 20.8. The molecular weight excluding hydrogens is 400 g/mol. The number of fused-ring (bicyclic) bond motifs is 2. The Morgan fingerprint density at radius 3 is 1.62 bits per heavy atom. The van der Waals surface area contributed by atoms with Crippen molar-refractivity contribution in [3.63, 3.8) is 0 Å². The van der Waals surface area contributed by atoms with Gasteiger partial charge in [-0.05, 0) is 104 Å². The average Bonchev–Trinajstić information content (AvgIpc) is 3.27. The third-order valence-electron chi connectivity index (χ3n) is 7.51. The molecule has 1 atom stereocenters. The van der Waals surface area contributed by atoms with E-state index in [0.29, 0.717) is 5.54 Å². The van der Waals surface area contributed by atoms with Crippen molar-refractivity contribution in [1.82, 2.24) is 0 Å². The van der Waals surface area contributed by atoms with E-state index in [1.165, 1.54) is 58.2 Å². The Kier molecular flexibility index (Phi) is 5.29. The summed E-state index contributed by atoms with van der Waals surface area (Å²) in [4.78, 5) is 0. The second-order valence-electron chi connectivity index (χ2n) is 10.8. The molecule has 32 heavy (non-hydrogen) atoms. The Balaban J connectivity index is 1.92. The summed E-state index contributed by atoms with van der Waals surface area (Å²) in [7, 11) is -0.924. The predicted molar refractivity (Wildman–Crippen MR) is 144 cm³/mol. The molecule has 0 bridgehead atoms. The number of aryl methyl sites for hydroxylation is 4. The Labute approximate surface area is 196 Å². The zero-order chi connectivity index (χ0) is 22.7. The van der Waals surface area contributed by atoms with Crippen LogP contribution in [0, 0.1) is 27.7 Å². The lowest BCUT2D eigenvalue weighted by Crippen LogP contribution is -2.17. The van der Waals surface area contributed by atoms with Gasteiger partial charge in [0, 0.05) is 8.80 Å². The quantitative estimate of drug-likeness (QED) is 0.362. The van der Waals surface area contributed by atoms with E-state index in [2.05, 4.69) is 90.2 Å². The van der Waals surface area contributed by atoms with E-state index in [-0.39, 0.29) is 0 Å². The average molecular weight is 437 g/mol. The molecule has 0 aliphatic heterocycles. The fourth-order valence-corrected chi connectivity index (χ4v) is 8.83. The van der Waals surface area contributed by atoms with Crippen LogP contribution in [0.5, 0.6) is 0 Å². The van der Waals surface area contributed by atoms with E-state index in [1.807, 2.05) is 0 Å². The minimum Gasteiger partial charge on any atom is -0.0714 e. The number of rotatable bonds is 3. The van der Waals surface area contributed by atoms with Crippen LogP contribution in [-0.4, -0.2) is 8.80 Å². The van der Waals surface area contributed by atoms with E-state index >= 15 is 0 Å². The van der Waals surface area contributed by atoms with Crippen molar-refractivity contribution in [3.8, 4) is 22.3 Å². The lowest BCUT2D eigenvalue weighted by atomic mass is 9.82. The summed E-state index contributed by atoms with van der Waals surface area (Å²) in [5.74, 6) is 0. The molecular formula is C31H36Si. The van der Waals surface area contributed by atoms with Crippen LogP contribution in [-0.2, 0) is 12.8 Å². The lowest BCUT2D eigenvalue weighted by molar-refractivity contribution is 0.912. The molecule has 0 fully saturated rings. The van der Waals surface area contributed by atoms with E-state index in [4.69, 9.17) is 0 Å². The van der Waals surface area contributed by atoms with E-state index in [0.717, 1.165) is 0 Å². The molecule has 164 valence electrons. The van der Waals surface area contributed by atoms with Crippen molar-refractivity contribution in [3.05, 3.63) is 86.5 Å². The summed E-state index contributed by atoms with van der Waals surface area (Å²) < 4.78 is 0. The van der Waals surface area contributed by atoms with Crippen LogP contribution < -0.4 is 0 Å². The van der Waals surface area contributed by atoms with Crippen molar-refractivity contribution in [2.24, 2.45) is 0 Å². The fraction of sp³-hybridized carbons (Fsp3) is 0.355. The lowest BCUT2D eigenvalue weighted by Gasteiger charge is -2.26. The van der Waals surface area contributed by atoms with Gasteiger partial charge in [0.05, 0.1) is 0 Å². The first kappa shape index (κ1) is 21.5. The van der Waals surface area contributed by atoms with Crippen molar-refractivity contribution in [2.75, 3.05) is 0 Å². The van der Waals surface area contributed by atoms with Gasteiger partial charge in [-0.15, -0.1) is 0 Å². The monoisotopic (exact) mass is 436 g/mol. The van der Waals surface area contributed by atoms with Crippen molar-refractivity contribution >= 4 is 14.9 Å². The van der Waals surface area contributed by atoms with Gasteiger partial charge >= 0.3 is 0 Å². The molecule has 1 heteroatoms. The largest absolute Gasteiger partial charge is 0.0714 e. The van der Waals surface area contributed by atoms with Crippen molar-refractivity contribution < 1.29 is 0 Å². The maximum absolute atomic E-state index is 2.56. The fourth-order valence-electron chi connectivity index (χ4n) is 6.66. The van der Waals surface area contributed by atoms with Gasteiger partial charge in [-0.3, -0.25) is 0 Å². The maximum atomic E-state index is 2.56. The summed E-state index contributed by atoms with van der Waals surface area (Å²) in [5, 5.41) is 0. The second-order valence-corrected chi connectivity index (χ2v) is 13.9. The molecule has 0 spiro atoms. The molecule has 0 radical (unpaired) electrons. The molecule has 1 unspecified atom stereocenters. The molecule has 0 N–H and O–H groups in total. The molecule has 3 aromatic carbocycles. The Morgan fingerprint density at radius 2 is 1.12 bits per heavy atom. The summed E-state index contributed by atoms with van der Waals surface area (Å²) in [5.41, 5.74) is 20.2. The predicted octanol–water partition coefficient (Wildman–Crippen LogP) is 8.27. The molecule has 0 aromatic heterocycles. The van der Waals surface area contributed by atoms with Crippen LogP contribution >= 0.6 is 0 Å². The highest BCUT2D eigenvalue weighted by atomic mass is 28.3. The first-order chi connectivity index (χ1) is 15.2. The number of hydrogen-bond donors (Lipinski definition) is 0. The van der Waals surface area contributed by atoms with Gasteiger partial charge in [-0.2, -0.15) is 0 Å².